The first-order chi connectivity index (χ1) is 10.4. The zero-order valence-electron chi connectivity index (χ0n) is 12.4. The van der Waals surface area contributed by atoms with Gasteiger partial charge in [0.1, 0.15) is 5.76 Å². The molecule has 1 heterocycles. The average Bonchev–Trinajstić information content (AvgIpc) is 2.81. The quantitative estimate of drug-likeness (QED) is 0.615. The third-order valence-corrected chi connectivity index (χ3v) is 3.47. The van der Waals surface area contributed by atoms with Gasteiger partial charge in [0.05, 0.1) is 11.5 Å². The van der Waals surface area contributed by atoms with Crippen molar-refractivity contribution in [1.29, 1.82) is 0 Å². The third-order valence-electron chi connectivity index (χ3n) is 2.53. The van der Waals surface area contributed by atoms with Crippen molar-refractivity contribution in [2.75, 3.05) is 23.4 Å². The van der Waals surface area contributed by atoms with Gasteiger partial charge < -0.3 is 20.3 Å². The number of rotatable bonds is 9. The molecule has 1 unspecified atom stereocenters. The van der Waals surface area contributed by atoms with Crippen LogP contribution >= 0.6 is 11.8 Å². The number of carboxylic acid groups (broad SMARTS) is 1. The summed E-state index contributed by atoms with van der Waals surface area (Å²) in [5.74, 6) is -0.346. The number of carbonyl (C=O) groups excluding carboxylic acids is 2. The second-order valence-electron chi connectivity index (χ2n) is 4.87. The highest BCUT2D eigenvalue weighted by molar-refractivity contribution is 8.00. The highest BCUT2D eigenvalue weighted by Gasteiger charge is 2.11. The smallest absolute Gasteiger partial charge is 0.303 e. The fourth-order valence-electron chi connectivity index (χ4n) is 1.55. The molecule has 0 aromatic carbocycles. The highest BCUT2D eigenvalue weighted by atomic mass is 32.2. The molecule has 0 aliphatic heterocycles. The first-order valence-corrected chi connectivity index (χ1v) is 7.81. The van der Waals surface area contributed by atoms with Gasteiger partial charge in [-0.25, -0.2) is 0 Å². The Labute approximate surface area is 132 Å². The maximum Gasteiger partial charge on any atom is 0.303 e. The molecule has 0 bridgehead atoms. The number of nitrogens with one attached hydrogen (secondary N) is 2. The number of amides is 2. The molecule has 0 radical (unpaired) electrons. The molecular formula is C13H19N3O5S. The van der Waals surface area contributed by atoms with Crippen LogP contribution in [-0.4, -0.2) is 46.1 Å². The van der Waals surface area contributed by atoms with Crippen LogP contribution in [0.4, 0.5) is 5.82 Å². The summed E-state index contributed by atoms with van der Waals surface area (Å²) in [6.45, 7) is 3.76. The summed E-state index contributed by atoms with van der Waals surface area (Å²) in [5.41, 5.74) is 0. The number of hydrogen-bond donors (Lipinski definition) is 3. The van der Waals surface area contributed by atoms with E-state index in [0.717, 1.165) is 11.8 Å². The molecule has 1 aromatic rings. The lowest BCUT2D eigenvalue weighted by molar-refractivity contribution is -0.138. The maximum atomic E-state index is 11.6. The van der Waals surface area contributed by atoms with Crippen LogP contribution in [0.15, 0.2) is 10.6 Å². The van der Waals surface area contributed by atoms with E-state index in [0.29, 0.717) is 18.1 Å². The van der Waals surface area contributed by atoms with Crippen LogP contribution in [0.5, 0.6) is 0 Å². The SMILES string of the molecule is Cc1cc(NC(=O)CSCC(=O)NCC(C)CC(=O)O)no1. The van der Waals surface area contributed by atoms with Crippen molar-refractivity contribution in [3.63, 3.8) is 0 Å². The number of aliphatic carboxylic acids is 1. The molecule has 0 saturated heterocycles. The third kappa shape index (κ3) is 7.67. The Bertz CT molecular complexity index is 532. The molecule has 3 N–H and O–H groups in total. The largest absolute Gasteiger partial charge is 0.481 e. The van der Waals surface area contributed by atoms with Crippen LogP contribution in [0.25, 0.3) is 0 Å². The molecule has 0 fully saturated rings. The fourth-order valence-corrected chi connectivity index (χ4v) is 2.20. The minimum absolute atomic E-state index is 0.00689. The Morgan fingerprint density at radius 1 is 1.36 bits per heavy atom. The minimum atomic E-state index is -0.893. The van der Waals surface area contributed by atoms with Crippen molar-refractivity contribution >= 4 is 35.4 Å². The second kappa shape index (κ2) is 9.08. The number of nitrogens with zero attached hydrogens (tertiary/aromatic N) is 1. The molecule has 2 amide bonds. The van der Waals surface area contributed by atoms with E-state index in [1.165, 1.54) is 0 Å². The van der Waals surface area contributed by atoms with E-state index < -0.39 is 5.97 Å². The lowest BCUT2D eigenvalue weighted by Crippen LogP contribution is -2.31. The molecule has 8 nitrogen and oxygen atoms in total. The predicted molar refractivity (Wildman–Crippen MR) is 81.6 cm³/mol. The Balaban J connectivity index is 2.14. The molecular weight excluding hydrogens is 310 g/mol. The first-order valence-electron chi connectivity index (χ1n) is 6.66. The van der Waals surface area contributed by atoms with Crippen LogP contribution in [0.3, 0.4) is 0 Å². The molecule has 0 aliphatic carbocycles. The Morgan fingerprint density at radius 3 is 2.64 bits per heavy atom. The van der Waals surface area contributed by atoms with Crippen molar-refractivity contribution in [3.05, 3.63) is 11.8 Å². The maximum absolute atomic E-state index is 11.6. The summed E-state index contributed by atoms with van der Waals surface area (Å²) < 4.78 is 4.81. The average molecular weight is 329 g/mol. The topological polar surface area (TPSA) is 122 Å². The van der Waals surface area contributed by atoms with Gasteiger partial charge in [0.2, 0.25) is 11.8 Å². The highest BCUT2D eigenvalue weighted by Crippen LogP contribution is 2.08. The summed E-state index contributed by atoms with van der Waals surface area (Å²) in [6.07, 6.45) is 0.00689. The van der Waals surface area contributed by atoms with E-state index in [1.54, 1.807) is 19.9 Å². The summed E-state index contributed by atoms with van der Waals surface area (Å²) in [6, 6.07) is 1.60. The summed E-state index contributed by atoms with van der Waals surface area (Å²) in [4.78, 5) is 33.6. The van der Waals surface area contributed by atoms with E-state index in [4.69, 9.17) is 9.63 Å². The molecule has 0 saturated carbocycles. The fraction of sp³-hybridized carbons (Fsp3) is 0.538. The number of aromatic nitrogens is 1. The van der Waals surface area contributed by atoms with E-state index in [-0.39, 0.29) is 35.7 Å². The monoisotopic (exact) mass is 329 g/mol. The number of aryl methyl sites for hydroxylation is 1. The summed E-state index contributed by atoms with van der Waals surface area (Å²) in [7, 11) is 0. The van der Waals surface area contributed by atoms with Crippen molar-refractivity contribution in [2.45, 2.75) is 20.3 Å². The van der Waals surface area contributed by atoms with E-state index in [2.05, 4.69) is 15.8 Å². The van der Waals surface area contributed by atoms with Crippen molar-refractivity contribution in [3.8, 4) is 0 Å². The zero-order chi connectivity index (χ0) is 16.5. The number of thioether (sulfide) groups is 1. The van der Waals surface area contributed by atoms with Crippen LogP contribution in [-0.2, 0) is 14.4 Å². The van der Waals surface area contributed by atoms with E-state index in [1.807, 2.05) is 0 Å². The Kier molecular flexibility index (Phi) is 7.44. The molecule has 122 valence electrons. The minimum Gasteiger partial charge on any atom is -0.481 e. The number of hydrogen-bond acceptors (Lipinski definition) is 6. The molecule has 0 aliphatic rings. The van der Waals surface area contributed by atoms with E-state index in [9.17, 15) is 14.4 Å². The molecule has 1 atom stereocenters. The summed E-state index contributed by atoms with van der Waals surface area (Å²) in [5, 5.41) is 17.4. The number of carbonyl (C=O) groups is 3. The van der Waals surface area contributed by atoms with Crippen LogP contribution < -0.4 is 10.6 Å². The van der Waals surface area contributed by atoms with Crippen molar-refractivity contribution in [1.82, 2.24) is 10.5 Å². The second-order valence-corrected chi connectivity index (χ2v) is 5.86. The van der Waals surface area contributed by atoms with Gasteiger partial charge in [-0.05, 0) is 12.8 Å². The van der Waals surface area contributed by atoms with Crippen LogP contribution in [0, 0.1) is 12.8 Å². The van der Waals surface area contributed by atoms with Crippen LogP contribution in [0.1, 0.15) is 19.1 Å². The van der Waals surface area contributed by atoms with Gasteiger partial charge in [-0.3, -0.25) is 14.4 Å². The molecule has 0 spiro atoms. The lowest BCUT2D eigenvalue weighted by Gasteiger charge is -2.10. The standard InChI is InChI=1S/C13H19N3O5S/c1-8(3-13(19)20)5-14-11(17)6-22-7-12(18)15-10-4-9(2)21-16-10/h4,8H,3,5-7H2,1-2H3,(H,14,17)(H,19,20)(H,15,16,18). The van der Waals surface area contributed by atoms with E-state index >= 15 is 0 Å². The number of carboxylic acids is 1. The van der Waals surface area contributed by atoms with Gasteiger partial charge >= 0.3 is 5.97 Å². The van der Waals surface area contributed by atoms with Gasteiger partial charge in [-0.1, -0.05) is 12.1 Å². The van der Waals surface area contributed by atoms with Crippen LogP contribution in [0.2, 0.25) is 0 Å². The zero-order valence-corrected chi connectivity index (χ0v) is 13.2. The Morgan fingerprint density at radius 2 is 2.05 bits per heavy atom. The first kappa shape index (κ1) is 18.0. The molecule has 1 rings (SSSR count). The van der Waals surface area contributed by atoms with Crippen molar-refractivity contribution in [2.24, 2.45) is 5.92 Å². The lowest BCUT2D eigenvalue weighted by atomic mass is 10.1. The van der Waals surface area contributed by atoms with Gasteiger partial charge in [0.25, 0.3) is 0 Å². The Hall–Kier alpha value is -2.03. The van der Waals surface area contributed by atoms with Gasteiger partial charge in [-0.15, -0.1) is 11.8 Å². The molecule has 22 heavy (non-hydrogen) atoms. The normalized spacial score (nSPS) is 11.7. The molecule has 9 heteroatoms. The van der Waals surface area contributed by atoms with Crippen molar-refractivity contribution < 1.29 is 24.0 Å². The van der Waals surface area contributed by atoms with Gasteiger partial charge in [0.15, 0.2) is 5.82 Å². The molecule has 1 aromatic heterocycles. The predicted octanol–water partition coefficient (Wildman–Crippen LogP) is 0.882. The van der Waals surface area contributed by atoms with Gasteiger partial charge in [0, 0.05) is 19.0 Å². The van der Waals surface area contributed by atoms with Gasteiger partial charge in [-0.2, -0.15) is 0 Å². The number of anilines is 1. The summed E-state index contributed by atoms with van der Waals surface area (Å²) >= 11 is 1.16.